The molecule has 12 heavy (non-hydrogen) atoms. The molecule has 0 aliphatic heterocycles. The molecule has 0 N–H and O–H groups in total. The second-order valence-electron chi connectivity index (χ2n) is 1.82. The van der Waals surface area contributed by atoms with E-state index in [0.717, 1.165) is 6.07 Å². The third kappa shape index (κ3) is 5.48. The molecule has 0 atom stereocenters. The summed E-state index contributed by atoms with van der Waals surface area (Å²) in [4.78, 5) is 10.1. The Kier molecular flexibility index (Phi) is 10.9. The van der Waals surface area contributed by atoms with Crippen molar-refractivity contribution < 1.29 is 118 Å². The van der Waals surface area contributed by atoms with E-state index in [9.17, 15) is 15.0 Å². The van der Waals surface area contributed by atoms with Gasteiger partial charge >= 0.3 is 103 Å². The standard InChI is InChI=1S/C7H6O3.2K/c8-6-3-1-2-5(4-6)7(9)10;;/h1-4,8H,(H,9,10);;/q;2*+1/p-2. The fraction of sp³-hybridized carbons (Fsp3) is 0. The maximum Gasteiger partial charge on any atom is 1.00 e. The van der Waals surface area contributed by atoms with Crippen LogP contribution in [0.2, 0.25) is 0 Å². The van der Waals surface area contributed by atoms with Crippen molar-refractivity contribution in [3.05, 3.63) is 29.8 Å². The normalized spacial score (nSPS) is 7.67. The van der Waals surface area contributed by atoms with Crippen molar-refractivity contribution in [1.82, 2.24) is 0 Å². The number of carbonyl (C=O) groups excluding carboxylic acids is 1. The third-order valence-corrected chi connectivity index (χ3v) is 1.07. The summed E-state index contributed by atoms with van der Waals surface area (Å²) in [5.74, 6) is -1.64. The monoisotopic (exact) mass is 214 g/mol. The van der Waals surface area contributed by atoms with Crippen molar-refractivity contribution in [3.8, 4) is 5.75 Å². The Morgan fingerprint density at radius 3 is 2.17 bits per heavy atom. The molecule has 1 rings (SSSR count). The van der Waals surface area contributed by atoms with E-state index in [1.807, 2.05) is 0 Å². The molecule has 0 amide bonds. The molecule has 52 valence electrons. The summed E-state index contributed by atoms with van der Waals surface area (Å²) in [6, 6.07) is 5.01. The summed E-state index contributed by atoms with van der Waals surface area (Å²) in [7, 11) is 0. The second-order valence-corrected chi connectivity index (χ2v) is 1.82. The summed E-state index contributed by atoms with van der Waals surface area (Å²) < 4.78 is 0. The average Bonchev–Trinajstić information content (AvgIpc) is 1.88. The molecular formula is C7H4K2O3. The Labute approximate surface area is 155 Å². The molecule has 0 fully saturated rings. The number of aromatic carboxylic acids is 1. The van der Waals surface area contributed by atoms with Crippen LogP contribution in [0.3, 0.4) is 0 Å². The molecule has 0 aromatic heterocycles. The van der Waals surface area contributed by atoms with Crippen molar-refractivity contribution in [2.45, 2.75) is 0 Å². The zero-order chi connectivity index (χ0) is 7.56. The Bertz CT molecular complexity index is 263. The average molecular weight is 214 g/mol. The van der Waals surface area contributed by atoms with Crippen LogP contribution in [0.4, 0.5) is 0 Å². The Morgan fingerprint density at radius 2 is 1.83 bits per heavy atom. The predicted octanol–water partition coefficient (Wildman–Crippen LogP) is -6.87. The molecule has 0 saturated heterocycles. The number of carboxylic acid groups (broad SMARTS) is 1. The van der Waals surface area contributed by atoms with E-state index in [1.165, 1.54) is 18.2 Å². The van der Waals surface area contributed by atoms with Gasteiger partial charge < -0.3 is 15.0 Å². The minimum atomic E-state index is -1.32. The second kappa shape index (κ2) is 8.10. The molecule has 1 aromatic carbocycles. The van der Waals surface area contributed by atoms with Gasteiger partial charge in [-0.25, -0.2) is 0 Å². The predicted molar refractivity (Wildman–Crippen MR) is 30.2 cm³/mol. The summed E-state index contributed by atoms with van der Waals surface area (Å²) in [6.07, 6.45) is 0. The molecule has 0 radical (unpaired) electrons. The van der Waals surface area contributed by atoms with Gasteiger partial charge in [0.05, 0.1) is 5.97 Å². The summed E-state index contributed by atoms with van der Waals surface area (Å²) in [6.45, 7) is 0. The van der Waals surface area contributed by atoms with E-state index in [1.54, 1.807) is 0 Å². The van der Waals surface area contributed by atoms with Crippen molar-refractivity contribution in [1.29, 1.82) is 0 Å². The Balaban J connectivity index is 0. The molecule has 0 heterocycles. The van der Waals surface area contributed by atoms with Crippen LogP contribution in [0, 0.1) is 0 Å². The molecule has 0 bridgehead atoms. The van der Waals surface area contributed by atoms with Gasteiger partial charge in [-0.15, -0.1) is 5.75 Å². The van der Waals surface area contributed by atoms with Crippen molar-refractivity contribution in [2.75, 3.05) is 0 Å². The number of carboxylic acids is 1. The van der Waals surface area contributed by atoms with Crippen LogP contribution in [0.15, 0.2) is 24.3 Å². The van der Waals surface area contributed by atoms with Gasteiger partial charge in [-0.2, -0.15) is 0 Å². The molecule has 0 spiro atoms. The summed E-state index contributed by atoms with van der Waals surface area (Å²) in [5, 5.41) is 20.6. The number of benzene rings is 1. The molecule has 0 aliphatic rings. The zero-order valence-electron chi connectivity index (χ0n) is 7.03. The quantitative estimate of drug-likeness (QED) is 0.437. The summed E-state index contributed by atoms with van der Waals surface area (Å²) in [5.41, 5.74) is -0.0764. The Morgan fingerprint density at radius 1 is 1.25 bits per heavy atom. The molecular weight excluding hydrogens is 210 g/mol. The smallest absolute Gasteiger partial charge is 0.872 e. The third-order valence-electron chi connectivity index (χ3n) is 1.07. The van der Waals surface area contributed by atoms with Crippen LogP contribution in [0.1, 0.15) is 10.4 Å². The maximum absolute atomic E-state index is 10.5. The minimum Gasteiger partial charge on any atom is -0.872 e. The first-order chi connectivity index (χ1) is 4.70. The van der Waals surface area contributed by atoms with Gasteiger partial charge in [-0.3, -0.25) is 0 Å². The first-order valence-electron chi connectivity index (χ1n) is 2.68. The van der Waals surface area contributed by atoms with Crippen LogP contribution in [0.5, 0.6) is 5.75 Å². The first kappa shape index (κ1) is 16.2. The first-order valence-corrected chi connectivity index (χ1v) is 2.68. The molecule has 0 aliphatic carbocycles. The SMILES string of the molecule is O=C([O-])c1cccc([O-])c1.[K+].[K+]. The van der Waals surface area contributed by atoms with E-state index >= 15 is 0 Å². The van der Waals surface area contributed by atoms with Crippen LogP contribution in [-0.2, 0) is 0 Å². The van der Waals surface area contributed by atoms with E-state index in [2.05, 4.69) is 0 Å². The van der Waals surface area contributed by atoms with Gasteiger partial charge in [-0.05, 0) is 5.56 Å². The van der Waals surface area contributed by atoms with Gasteiger partial charge in [0.15, 0.2) is 0 Å². The molecule has 1 aromatic rings. The number of hydrogen-bond donors (Lipinski definition) is 0. The van der Waals surface area contributed by atoms with Crippen LogP contribution < -0.4 is 113 Å². The minimum absolute atomic E-state index is 0. The van der Waals surface area contributed by atoms with E-state index < -0.39 is 5.97 Å². The number of hydrogen-bond acceptors (Lipinski definition) is 3. The van der Waals surface area contributed by atoms with Crippen molar-refractivity contribution in [3.63, 3.8) is 0 Å². The van der Waals surface area contributed by atoms with Gasteiger partial charge in [0.2, 0.25) is 0 Å². The topological polar surface area (TPSA) is 63.2 Å². The molecule has 0 unspecified atom stereocenters. The van der Waals surface area contributed by atoms with Crippen LogP contribution >= 0.6 is 0 Å². The van der Waals surface area contributed by atoms with Crippen LogP contribution in [-0.4, -0.2) is 5.97 Å². The van der Waals surface area contributed by atoms with Gasteiger partial charge in [0.25, 0.3) is 0 Å². The van der Waals surface area contributed by atoms with Crippen molar-refractivity contribution in [2.24, 2.45) is 0 Å². The summed E-state index contributed by atoms with van der Waals surface area (Å²) >= 11 is 0. The number of rotatable bonds is 1. The molecule has 3 nitrogen and oxygen atoms in total. The Hall–Kier alpha value is 1.76. The van der Waals surface area contributed by atoms with Gasteiger partial charge in [-0.1, -0.05) is 24.3 Å². The van der Waals surface area contributed by atoms with E-state index in [-0.39, 0.29) is 114 Å². The fourth-order valence-corrected chi connectivity index (χ4v) is 0.623. The zero-order valence-corrected chi connectivity index (χ0v) is 13.3. The largest absolute Gasteiger partial charge is 1.00 e. The van der Waals surface area contributed by atoms with Gasteiger partial charge in [0.1, 0.15) is 0 Å². The maximum atomic E-state index is 10.5. The fourth-order valence-electron chi connectivity index (χ4n) is 0.623. The van der Waals surface area contributed by atoms with Crippen LogP contribution in [0.25, 0.3) is 0 Å². The van der Waals surface area contributed by atoms with E-state index in [4.69, 9.17) is 0 Å². The molecule has 5 heteroatoms. The number of carbonyl (C=O) groups is 1. The molecule has 0 saturated carbocycles. The van der Waals surface area contributed by atoms with Crippen molar-refractivity contribution >= 4 is 5.97 Å². The van der Waals surface area contributed by atoms with Gasteiger partial charge in [0, 0.05) is 0 Å². The van der Waals surface area contributed by atoms with E-state index in [0.29, 0.717) is 0 Å².